The Bertz CT molecular complexity index is 146. The molecule has 5 nitrogen and oxygen atoms in total. The van der Waals surface area contributed by atoms with Crippen LogP contribution in [0.15, 0.2) is 0 Å². The monoisotopic (exact) mass is 197 g/mol. The van der Waals surface area contributed by atoms with Crippen LogP contribution in [-0.4, -0.2) is 30.2 Å². The van der Waals surface area contributed by atoms with Gasteiger partial charge in [-0.2, -0.15) is 0 Å². The van der Waals surface area contributed by atoms with Crippen molar-refractivity contribution in [2.45, 2.75) is 13.8 Å². The van der Waals surface area contributed by atoms with E-state index in [4.69, 9.17) is 14.8 Å². The van der Waals surface area contributed by atoms with Gasteiger partial charge in [-0.25, -0.2) is 0 Å². The Balaban J connectivity index is 4.07. The Labute approximate surface area is 72.4 Å². The normalized spacial score (nSPS) is 12.9. The Morgan fingerprint density at radius 1 is 1.42 bits per heavy atom. The zero-order valence-corrected chi connectivity index (χ0v) is 8.37. The van der Waals surface area contributed by atoms with Crippen LogP contribution in [0, 0.1) is 0 Å². The molecular formula is C6H16NO4P. The molecule has 0 aliphatic carbocycles. The summed E-state index contributed by atoms with van der Waals surface area (Å²) in [6.45, 7) is 4.07. The molecular weight excluding hydrogens is 181 g/mol. The molecule has 0 aromatic heterocycles. The van der Waals surface area contributed by atoms with Gasteiger partial charge in [0.25, 0.3) is 0 Å². The Morgan fingerprint density at radius 2 is 1.83 bits per heavy atom. The zero-order valence-electron chi connectivity index (χ0n) is 7.37. The molecule has 0 rings (SSSR count). The Hall–Kier alpha value is -0.220. The van der Waals surface area contributed by atoms with Gasteiger partial charge in [-0.05, 0) is 0 Å². The molecule has 12 heavy (non-hydrogen) atoms. The number of hydrogen-bond donors (Lipinski definition) is 2. The van der Waals surface area contributed by atoms with E-state index in [9.17, 15) is 9.69 Å². The second kappa shape index (κ2) is 5.43. The van der Waals surface area contributed by atoms with Crippen LogP contribution in [0.25, 0.3) is 0 Å². The summed E-state index contributed by atoms with van der Waals surface area (Å²) in [4.78, 5) is 20.1. The molecule has 0 saturated heterocycles. The first-order valence-electron chi connectivity index (χ1n) is 3.82. The molecule has 74 valence electrons. The fourth-order valence-corrected chi connectivity index (χ4v) is 2.44. The molecule has 0 saturated carbocycles. The summed E-state index contributed by atoms with van der Waals surface area (Å²) in [5, 5.41) is 0. The molecule has 0 aliphatic heterocycles. The molecule has 0 atom stereocenters. The number of amides is 1. The van der Waals surface area contributed by atoms with Gasteiger partial charge in [0.2, 0.25) is 0 Å². The van der Waals surface area contributed by atoms with E-state index in [0.717, 1.165) is 0 Å². The van der Waals surface area contributed by atoms with Gasteiger partial charge in [-0.3, -0.25) is 0 Å². The van der Waals surface area contributed by atoms with Crippen molar-refractivity contribution in [3.05, 3.63) is 0 Å². The summed E-state index contributed by atoms with van der Waals surface area (Å²) in [5.74, 6) is -0.605. The third-order valence-corrected chi connectivity index (χ3v) is 3.41. The van der Waals surface area contributed by atoms with Gasteiger partial charge in [0, 0.05) is 0 Å². The molecule has 0 fully saturated rings. The third-order valence-electron chi connectivity index (χ3n) is 1.14. The number of rotatable bonds is 6. The molecule has 0 heterocycles. The summed E-state index contributed by atoms with van der Waals surface area (Å²) in [5.41, 5.74) is 4.91. The average Bonchev–Trinajstić information content (AvgIpc) is 1.85. The first-order valence-corrected chi connectivity index (χ1v) is 5.79. The molecule has 0 spiro atoms. The van der Waals surface area contributed by atoms with Crippen molar-refractivity contribution in [1.29, 1.82) is 0 Å². The van der Waals surface area contributed by atoms with Gasteiger partial charge in [0.1, 0.15) is 0 Å². The fraction of sp³-hybridized carbons (Fsp3) is 0.833. The molecule has 3 N–H and O–H groups in total. The zero-order chi connectivity index (χ0) is 9.61. The van der Waals surface area contributed by atoms with Gasteiger partial charge in [-0.1, -0.05) is 0 Å². The second-order valence-electron chi connectivity index (χ2n) is 2.22. The summed E-state index contributed by atoms with van der Waals surface area (Å²) in [7, 11) is -3.29. The van der Waals surface area contributed by atoms with E-state index >= 15 is 0 Å². The standard InChI is InChI=1S/C6H16NO4P/c1-3-10-12(9,11-4-2)5-6(7)8/h9,12H,3-5H2,1-2H3,(H2,7,8). The molecule has 0 aliphatic rings. The van der Waals surface area contributed by atoms with Crippen LogP contribution >= 0.6 is 7.94 Å². The minimum absolute atomic E-state index is 0.214. The van der Waals surface area contributed by atoms with Gasteiger partial charge < -0.3 is 0 Å². The maximum atomic E-state index is 10.5. The van der Waals surface area contributed by atoms with Crippen molar-refractivity contribution >= 4 is 13.9 Å². The fourth-order valence-electron chi connectivity index (χ4n) is 0.815. The number of primary amides is 1. The predicted octanol–water partition coefficient (Wildman–Crippen LogP) is 0.0319. The van der Waals surface area contributed by atoms with E-state index in [0.29, 0.717) is 13.2 Å². The Morgan fingerprint density at radius 3 is 2.08 bits per heavy atom. The molecule has 6 heteroatoms. The van der Waals surface area contributed by atoms with Crippen LogP contribution < -0.4 is 5.73 Å². The van der Waals surface area contributed by atoms with E-state index < -0.39 is 13.9 Å². The molecule has 0 bridgehead atoms. The van der Waals surface area contributed by atoms with Crippen molar-refractivity contribution in [3.63, 3.8) is 0 Å². The van der Waals surface area contributed by atoms with Crippen molar-refractivity contribution in [2.24, 2.45) is 5.73 Å². The van der Waals surface area contributed by atoms with E-state index in [1.807, 2.05) is 0 Å². The van der Waals surface area contributed by atoms with Crippen LogP contribution in [0.5, 0.6) is 0 Å². The van der Waals surface area contributed by atoms with E-state index in [1.54, 1.807) is 13.8 Å². The van der Waals surface area contributed by atoms with Gasteiger partial charge in [0.05, 0.1) is 0 Å². The first kappa shape index (κ1) is 11.8. The topological polar surface area (TPSA) is 81.8 Å². The van der Waals surface area contributed by atoms with Crippen LogP contribution in [0.4, 0.5) is 0 Å². The van der Waals surface area contributed by atoms with Crippen molar-refractivity contribution in [1.82, 2.24) is 0 Å². The minimum atomic E-state index is -3.29. The molecule has 0 unspecified atom stereocenters. The third kappa shape index (κ3) is 4.62. The molecule has 0 radical (unpaired) electrons. The number of nitrogens with two attached hydrogens (primary N) is 1. The van der Waals surface area contributed by atoms with Crippen molar-refractivity contribution in [2.75, 3.05) is 19.4 Å². The second-order valence-corrected chi connectivity index (χ2v) is 4.58. The number of hydrogen-bond acceptors (Lipinski definition) is 4. The number of carbonyl (C=O) groups excluding carboxylic acids is 1. The van der Waals surface area contributed by atoms with Crippen LogP contribution in [-0.2, 0) is 13.8 Å². The maximum absolute atomic E-state index is 10.5. The van der Waals surface area contributed by atoms with Crippen molar-refractivity contribution < 1.29 is 18.7 Å². The Kier molecular flexibility index (Phi) is 5.33. The van der Waals surface area contributed by atoms with Crippen LogP contribution in [0.1, 0.15) is 13.8 Å². The molecule has 0 aromatic rings. The quantitative estimate of drug-likeness (QED) is 0.588. The van der Waals surface area contributed by atoms with E-state index in [-0.39, 0.29) is 6.16 Å². The van der Waals surface area contributed by atoms with Gasteiger partial charge in [0.15, 0.2) is 0 Å². The molecule has 1 amide bonds. The summed E-state index contributed by atoms with van der Waals surface area (Å²) in [6.07, 6.45) is -0.214. The first-order chi connectivity index (χ1) is 5.54. The predicted molar refractivity (Wildman–Crippen MR) is 47.8 cm³/mol. The summed E-state index contributed by atoms with van der Waals surface area (Å²) in [6, 6.07) is 0. The summed E-state index contributed by atoms with van der Waals surface area (Å²) >= 11 is 0. The SMILES string of the molecule is CCO[PH](O)(CC(N)=O)OCC. The van der Waals surface area contributed by atoms with Crippen LogP contribution in [0.3, 0.4) is 0 Å². The van der Waals surface area contributed by atoms with Crippen molar-refractivity contribution in [3.8, 4) is 0 Å². The van der Waals surface area contributed by atoms with E-state index in [2.05, 4.69) is 0 Å². The van der Waals surface area contributed by atoms with Crippen LogP contribution in [0.2, 0.25) is 0 Å². The average molecular weight is 197 g/mol. The summed E-state index contributed by atoms with van der Waals surface area (Å²) < 4.78 is 9.90. The molecule has 0 aromatic carbocycles. The van der Waals surface area contributed by atoms with Gasteiger partial charge in [-0.15, -0.1) is 0 Å². The van der Waals surface area contributed by atoms with E-state index in [1.165, 1.54) is 0 Å². The van der Waals surface area contributed by atoms with Gasteiger partial charge >= 0.3 is 71.5 Å². The number of carbonyl (C=O) groups is 1.